The highest BCUT2D eigenvalue weighted by atomic mass is 16.5. The Labute approximate surface area is 118 Å². The molecule has 2 atom stereocenters. The van der Waals surface area contributed by atoms with E-state index in [1.54, 1.807) is 0 Å². The van der Waals surface area contributed by atoms with Crippen molar-refractivity contribution in [2.75, 3.05) is 26.3 Å². The summed E-state index contributed by atoms with van der Waals surface area (Å²) in [6, 6.07) is 0. The Morgan fingerprint density at radius 1 is 1.37 bits per heavy atom. The number of aliphatic hydroxyl groups is 1. The average Bonchev–Trinajstić information content (AvgIpc) is 2.39. The summed E-state index contributed by atoms with van der Waals surface area (Å²) in [5, 5.41) is 13.1. The third kappa shape index (κ3) is 9.20. The summed E-state index contributed by atoms with van der Waals surface area (Å²) in [6.07, 6.45) is 10.1. The highest BCUT2D eigenvalue weighted by Gasteiger charge is 2.10. The molecule has 0 spiro atoms. The second kappa shape index (κ2) is 10.4. The zero-order chi connectivity index (χ0) is 13.9. The summed E-state index contributed by atoms with van der Waals surface area (Å²) in [7, 11) is 0. The Kier molecular flexibility index (Phi) is 9.14. The van der Waals surface area contributed by atoms with Crippen molar-refractivity contribution in [3.05, 3.63) is 12.2 Å². The summed E-state index contributed by atoms with van der Waals surface area (Å²) >= 11 is 0. The zero-order valence-electron chi connectivity index (χ0n) is 12.6. The molecule has 0 aliphatic heterocycles. The maximum Gasteiger partial charge on any atom is 0.0897 e. The van der Waals surface area contributed by atoms with Gasteiger partial charge in [-0.3, -0.25) is 0 Å². The number of hydrogen-bond acceptors (Lipinski definition) is 3. The molecule has 1 aliphatic rings. The first kappa shape index (κ1) is 16.7. The fourth-order valence-electron chi connectivity index (χ4n) is 2.37. The van der Waals surface area contributed by atoms with Gasteiger partial charge in [-0.05, 0) is 50.5 Å². The van der Waals surface area contributed by atoms with Crippen molar-refractivity contribution in [1.29, 1.82) is 0 Å². The molecule has 2 N–H and O–H groups in total. The standard InChI is InChI=1S/C16H31NO2/c1-14(2)7-6-10-19-13-16(18)12-17-11-15-8-4-3-5-9-15/h3-4,14-18H,5-13H2,1-2H3. The Balaban J connectivity index is 1.90. The van der Waals surface area contributed by atoms with E-state index in [9.17, 15) is 5.11 Å². The SMILES string of the molecule is CC(C)CCCOCC(O)CNCC1CC=CCC1. The van der Waals surface area contributed by atoms with Gasteiger partial charge in [0.05, 0.1) is 12.7 Å². The molecule has 1 aliphatic carbocycles. The lowest BCUT2D eigenvalue weighted by Gasteiger charge is -2.19. The number of hydrogen-bond donors (Lipinski definition) is 2. The van der Waals surface area contributed by atoms with Gasteiger partial charge in [-0.1, -0.05) is 26.0 Å². The number of rotatable bonds is 10. The van der Waals surface area contributed by atoms with Crippen LogP contribution in [0.3, 0.4) is 0 Å². The van der Waals surface area contributed by atoms with Gasteiger partial charge >= 0.3 is 0 Å². The molecule has 0 fully saturated rings. The lowest BCUT2D eigenvalue weighted by molar-refractivity contribution is 0.0344. The molecule has 1 rings (SSSR count). The second-order valence-corrected chi connectivity index (χ2v) is 6.07. The van der Waals surface area contributed by atoms with E-state index in [-0.39, 0.29) is 6.10 Å². The van der Waals surface area contributed by atoms with E-state index >= 15 is 0 Å². The predicted molar refractivity (Wildman–Crippen MR) is 80.2 cm³/mol. The molecule has 0 saturated heterocycles. The van der Waals surface area contributed by atoms with Crippen LogP contribution in [0, 0.1) is 11.8 Å². The predicted octanol–water partition coefficient (Wildman–Crippen LogP) is 2.75. The topological polar surface area (TPSA) is 41.5 Å². The van der Waals surface area contributed by atoms with Crippen LogP contribution in [-0.4, -0.2) is 37.5 Å². The van der Waals surface area contributed by atoms with Gasteiger partial charge in [0.15, 0.2) is 0 Å². The van der Waals surface area contributed by atoms with E-state index in [0.29, 0.717) is 13.2 Å². The minimum absolute atomic E-state index is 0.377. The van der Waals surface area contributed by atoms with E-state index in [1.165, 1.54) is 25.7 Å². The fraction of sp³-hybridized carbons (Fsp3) is 0.875. The molecule has 0 aromatic heterocycles. The quantitative estimate of drug-likeness (QED) is 0.473. The average molecular weight is 269 g/mol. The first-order valence-electron chi connectivity index (χ1n) is 7.80. The van der Waals surface area contributed by atoms with Crippen molar-refractivity contribution in [1.82, 2.24) is 5.32 Å². The van der Waals surface area contributed by atoms with Gasteiger partial charge in [-0.2, -0.15) is 0 Å². The number of ether oxygens (including phenoxy) is 1. The zero-order valence-corrected chi connectivity index (χ0v) is 12.6. The van der Waals surface area contributed by atoms with Gasteiger partial charge in [-0.15, -0.1) is 0 Å². The van der Waals surface area contributed by atoms with Crippen LogP contribution in [0.15, 0.2) is 12.2 Å². The molecular weight excluding hydrogens is 238 g/mol. The van der Waals surface area contributed by atoms with Crippen LogP contribution in [0.25, 0.3) is 0 Å². The summed E-state index contributed by atoms with van der Waals surface area (Å²) in [4.78, 5) is 0. The van der Waals surface area contributed by atoms with Crippen LogP contribution in [0.4, 0.5) is 0 Å². The molecule has 0 radical (unpaired) electrons. The number of aliphatic hydroxyl groups excluding tert-OH is 1. The van der Waals surface area contributed by atoms with Crippen molar-refractivity contribution in [3.63, 3.8) is 0 Å². The normalized spacial score (nSPS) is 20.9. The third-order valence-corrected chi connectivity index (χ3v) is 3.57. The molecule has 2 unspecified atom stereocenters. The monoisotopic (exact) mass is 269 g/mol. The third-order valence-electron chi connectivity index (χ3n) is 3.57. The molecule has 0 aromatic carbocycles. The molecule has 0 bridgehead atoms. The summed E-state index contributed by atoms with van der Waals surface area (Å²) in [6.45, 7) is 7.32. The first-order valence-corrected chi connectivity index (χ1v) is 7.80. The van der Waals surface area contributed by atoms with E-state index in [0.717, 1.165) is 31.4 Å². The van der Waals surface area contributed by atoms with Crippen molar-refractivity contribution in [2.24, 2.45) is 11.8 Å². The van der Waals surface area contributed by atoms with Crippen LogP contribution in [0.1, 0.15) is 46.0 Å². The van der Waals surface area contributed by atoms with Crippen molar-refractivity contribution in [3.8, 4) is 0 Å². The van der Waals surface area contributed by atoms with Gasteiger partial charge in [0.2, 0.25) is 0 Å². The Bertz CT molecular complexity index is 241. The maximum absolute atomic E-state index is 9.79. The van der Waals surface area contributed by atoms with E-state index in [1.807, 2.05) is 0 Å². The lowest BCUT2D eigenvalue weighted by atomic mass is 9.94. The smallest absolute Gasteiger partial charge is 0.0897 e. The molecule has 3 heteroatoms. The van der Waals surface area contributed by atoms with Gasteiger partial charge in [-0.25, -0.2) is 0 Å². The van der Waals surface area contributed by atoms with E-state index in [4.69, 9.17) is 4.74 Å². The number of nitrogens with one attached hydrogen (secondary N) is 1. The van der Waals surface area contributed by atoms with Crippen LogP contribution in [-0.2, 0) is 4.74 Å². The largest absolute Gasteiger partial charge is 0.389 e. The van der Waals surface area contributed by atoms with Crippen molar-refractivity contribution >= 4 is 0 Å². The Morgan fingerprint density at radius 3 is 2.89 bits per heavy atom. The van der Waals surface area contributed by atoms with Crippen LogP contribution >= 0.6 is 0 Å². The molecule has 0 saturated carbocycles. The number of allylic oxidation sites excluding steroid dienone is 2. The second-order valence-electron chi connectivity index (χ2n) is 6.07. The van der Waals surface area contributed by atoms with Gasteiger partial charge in [0.25, 0.3) is 0 Å². The summed E-state index contributed by atoms with van der Waals surface area (Å²) in [5.74, 6) is 1.48. The lowest BCUT2D eigenvalue weighted by Crippen LogP contribution is -2.33. The van der Waals surface area contributed by atoms with Crippen molar-refractivity contribution < 1.29 is 9.84 Å². The molecule has 0 aromatic rings. The van der Waals surface area contributed by atoms with Crippen LogP contribution < -0.4 is 5.32 Å². The van der Waals surface area contributed by atoms with E-state index < -0.39 is 0 Å². The Hall–Kier alpha value is -0.380. The molecule has 0 amide bonds. The summed E-state index contributed by atoms with van der Waals surface area (Å²) < 4.78 is 5.49. The van der Waals surface area contributed by atoms with Crippen LogP contribution in [0.2, 0.25) is 0 Å². The van der Waals surface area contributed by atoms with Gasteiger partial charge < -0.3 is 15.2 Å². The van der Waals surface area contributed by atoms with Crippen LogP contribution in [0.5, 0.6) is 0 Å². The van der Waals surface area contributed by atoms with Crippen molar-refractivity contribution in [2.45, 2.75) is 52.1 Å². The fourth-order valence-corrected chi connectivity index (χ4v) is 2.37. The molecule has 0 heterocycles. The highest BCUT2D eigenvalue weighted by Crippen LogP contribution is 2.16. The maximum atomic E-state index is 9.79. The molecule has 3 nitrogen and oxygen atoms in total. The molecular formula is C16H31NO2. The minimum Gasteiger partial charge on any atom is -0.389 e. The van der Waals surface area contributed by atoms with Gasteiger partial charge in [0, 0.05) is 13.2 Å². The van der Waals surface area contributed by atoms with E-state index in [2.05, 4.69) is 31.3 Å². The highest BCUT2D eigenvalue weighted by molar-refractivity contribution is 4.90. The summed E-state index contributed by atoms with van der Waals surface area (Å²) in [5.41, 5.74) is 0. The minimum atomic E-state index is -0.377. The Morgan fingerprint density at radius 2 is 2.21 bits per heavy atom. The van der Waals surface area contributed by atoms with Gasteiger partial charge in [0.1, 0.15) is 0 Å². The molecule has 112 valence electrons. The first-order chi connectivity index (χ1) is 9.18. The molecule has 19 heavy (non-hydrogen) atoms.